The summed E-state index contributed by atoms with van der Waals surface area (Å²) in [5.41, 5.74) is 0.201. The second kappa shape index (κ2) is 8.79. The highest BCUT2D eigenvalue weighted by atomic mass is 35.5. The topological polar surface area (TPSA) is 37.4 Å². The number of aromatic nitrogens is 1. The molecule has 0 aliphatic carbocycles. The number of nitrogens with one attached hydrogen (secondary N) is 1. The first-order valence-corrected chi connectivity index (χ1v) is 8.23. The van der Waals surface area contributed by atoms with Crippen LogP contribution in [0.25, 0.3) is 0 Å². The van der Waals surface area contributed by atoms with E-state index in [-0.39, 0.29) is 47.3 Å². The molecule has 3 rings (SSSR count). The number of anilines is 1. The summed E-state index contributed by atoms with van der Waals surface area (Å²) in [6.07, 6.45) is 0. The van der Waals surface area contributed by atoms with Gasteiger partial charge in [0.1, 0.15) is 12.4 Å². The molecule has 1 unspecified atom stereocenters. The Morgan fingerprint density at radius 1 is 1.23 bits per heavy atom. The van der Waals surface area contributed by atoms with E-state index in [9.17, 15) is 13.2 Å². The maximum Gasteiger partial charge on any atom is 0.252 e. The molecule has 142 valence electrons. The Hall–Kier alpha value is -1.70. The Morgan fingerprint density at radius 2 is 2.00 bits per heavy atom. The molecular formula is C17H18Cl2F3N3O. The molecule has 0 amide bonds. The van der Waals surface area contributed by atoms with E-state index >= 15 is 0 Å². The minimum Gasteiger partial charge on any atom is -0.471 e. The minimum atomic E-state index is -0.932. The Balaban J connectivity index is 0.00000243. The Kier molecular flexibility index (Phi) is 6.97. The Bertz CT molecular complexity index is 779. The first kappa shape index (κ1) is 20.6. The van der Waals surface area contributed by atoms with Crippen LogP contribution in [0.4, 0.5) is 19.0 Å². The molecule has 0 radical (unpaired) electrons. The summed E-state index contributed by atoms with van der Waals surface area (Å²) in [6, 6.07) is 4.99. The van der Waals surface area contributed by atoms with Crippen LogP contribution in [0.1, 0.15) is 12.5 Å². The molecule has 1 aliphatic heterocycles. The summed E-state index contributed by atoms with van der Waals surface area (Å²) in [7, 11) is 0. The van der Waals surface area contributed by atoms with E-state index < -0.39 is 17.5 Å². The monoisotopic (exact) mass is 407 g/mol. The Labute approximate surface area is 160 Å². The van der Waals surface area contributed by atoms with Gasteiger partial charge in [-0.2, -0.15) is 4.98 Å². The van der Waals surface area contributed by atoms with Crippen LogP contribution in [0.15, 0.2) is 24.3 Å². The van der Waals surface area contributed by atoms with Crippen LogP contribution in [-0.2, 0) is 6.61 Å². The lowest BCUT2D eigenvalue weighted by Gasteiger charge is -2.33. The first-order valence-electron chi connectivity index (χ1n) is 7.85. The second-order valence-electron chi connectivity index (χ2n) is 5.91. The van der Waals surface area contributed by atoms with Crippen molar-refractivity contribution in [2.24, 2.45) is 0 Å². The van der Waals surface area contributed by atoms with Gasteiger partial charge in [0, 0.05) is 42.3 Å². The molecule has 0 bridgehead atoms. The summed E-state index contributed by atoms with van der Waals surface area (Å²) >= 11 is 5.69. The fourth-order valence-corrected chi connectivity index (χ4v) is 2.83. The van der Waals surface area contributed by atoms with Gasteiger partial charge in [-0.15, -0.1) is 12.4 Å². The number of piperazine rings is 1. The van der Waals surface area contributed by atoms with Crippen LogP contribution in [0.3, 0.4) is 0 Å². The average molecular weight is 408 g/mol. The maximum absolute atomic E-state index is 14.1. The third-order valence-electron chi connectivity index (χ3n) is 3.93. The van der Waals surface area contributed by atoms with Crippen LogP contribution in [0.5, 0.6) is 5.88 Å². The van der Waals surface area contributed by atoms with E-state index in [1.165, 1.54) is 12.1 Å². The van der Waals surface area contributed by atoms with Gasteiger partial charge in [-0.05, 0) is 19.1 Å². The van der Waals surface area contributed by atoms with E-state index in [4.69, 9.17) is 16.3 Å². The summed E-state index contributed by atoms with van der Waals surface area (Å²) in [4.78, 5) is 5.70. The van der Waals surface area contributed by atoms with Gasteiger partial charge in [-0.25, -0.2) is 13.2 Å². The lowest BCUT2D eigenvalue weighted by molar-refractivity contribution is 0.270. The van der Waals surface area contributed by atoms with E-state index in [1.807, 2.05) is 6.92 Å². The van der Waals surface area contributed by atoms with Crippen molar-refractivity contribution in [3.8, 4) is 5.88 Å². The zero-order valence-electron chi connectivity index (χ0n) is 13.9. The number of halogens is 5. The molecule has 2 heterocycles. The number of benzene rings is 1. The van der Waals surface area contributed by atoms with Crippen molar-refractivity contribution in [3.63, 3.8) is 0 Å². The van der Waals surface area contributed by atoms with Crippen LogP contribution in [-0.4, -0.2) is 30.7 Å². The summed E-state index contributed by atoms with van der Waals surface area (Å²) < 4.78 is 47.1. The van der Waals surface area contributed by atoms with E-state index in [0.717, 1.165) is 12.1 Å². The van der Waals surface area contributed by atoms with Crippen molar-refractivity contribution in [2.45, 2.75) is 19.6 Å². The number of pyridine rings is 1. The second-order valence-corrected chi connectivity index (χ2v) is 6.34. The minimum absolute atomic E-state index is 0. The van der Waals surface area contributed by atoms with E-state index in [2.05, 4.69) is 10.3 Å². The number of rotatable bonds is 4. The lowest BCUT2D eigenvalue weighted by atomic mass is 10.2. The first-order chi connectivity index (χ1) is 11.9. The van der Waals surface area contributed by atoms with Crippen molar-refractivity contribution in [1.29, 1.82) is 0 Å². The summed E-state index contributed by atoms with van der Waals surface area (Å²) in [6.45, 7) is 3.49. The van der Waals surface area contributed by atoms with Crippen molar-refractivity contribution in [1.82, 2.24) is 10.3 Å². The SMILES string of the molecule is CC1CN(c2nc(OCc3ccc(Cl)cc3F)c(F)cc2F)CCN1.Cl. The van der Waals surface area contributed by atoms with Gasteiger partial charge in [-0.3, -0.25) is 0 Å². The van der Waals surface area contributed by atoms with Crippen molar-refractivity contribution >= 4 is 29.8 Å². The summed E-state index contributed by atoms with van der Waals surface area (Å²) in [5.74, 6) is -2.58. The predicted octanol–water partition coefficient (Wildman–Crippen LogP) is 3.95. The molecule has 1 N–H and O–H groups in total. The molecule has 1 aliphatic rings. The molecule has 1 aromatic heterocycles. The highest BCUT2D eigenvalue weighted by Gasteiger charge is 2.22. The molecular weight excluding hydrogens is 390 g/mol. The highest BCUT2D eigenvalue weighted by Crippen LogP contribution is 2.26. The zero-order valence-corrected chi connectivity index (χ0v) is 15.5. The molecule has 26 heavy (non-hydrogen) atoms. The van der Waals surface area contributed by atoms with Crippen LogP contribution in [0.2, 0.25) is 5.02 Å². The van der Waals surface area contributed by atoms with Gasteiger partial charge in [0.25, 0.3) is 5.88 Å². The van der Waals surface area contributed by atoms with Crippen LogP contribution < -0.4 is 15.0 Å². The van der Waals surface area contributed by atoms with Crippen molar-refractivity contribution in [3.05, 3.63) is 52.3 Å². The molecule has 1 fully saturated rings. The zero-order chi connectivity index (χ0) is 18.0. The number of nitrogens with zero attached hydrogens (tertiary/aromatic N) is 2. The van der Waals surface area contributed by atoms with Gasteiger partial charge >= 0.3 is 0 Å². The average Bonchev–Trinajstić information content (AvgIpc) is 2.55. The fraction of sp³-hybridized carbons (Fsp3) is 0.353. The molecule has 1 saturated heterocycles. The summed E-state index contributed by atoms with van der Waals surface area (Å²) in [5, 5.41) is 3.49. The van der Waals surface area contributed by atoms with Crippen molar-refractivity contribution in [2.75, 3.05) is 24.5 Å². The highest BCUT2D eigenvalue weighted by molar-refractivity contribution is 6.30. The standard InChI is InChI=1S/C17H17ClF3N3O.ClH/c1-10-8-24(5-4-22-10)16-14(20)7-15(21)17(23-16)25-9-11-2-3-12(18)6-13(11)19;/h2-3,6-7,10,22H,4-5,8-9H2,1H3;1H. The third-order valence-corrected chi connectivity index (χ3v) is 4.16. The van der Waals surface area contributed by atoms with Gasteiger partial charge in [0.15, 0.2) is 17.5 Å². The number of hydrogen-bond acceptors (Lipinski definition) is 4. The number of hydrogen-bond donors (Lipinski definition) is 1. The normalized spacial score (nSPS) is 17.0. The van der Waals surface area contributed by atoms with Crippen molar-refractivity contribution < 1.29 is 17.9 Å². The van der Waals surface area contributed by atoms with Gasteiger partial charge < -0.3 is 15.0 Å². The maximum atomic E-state index is 14.1. The van der Waals surface area contributed by atoms with Gasteiger partial charge in [-0.1, -0.05) is 17.7 Å². The smallest absolute Gasteiger partial charge is 0.252 e. The molecule has 1 aromatic carbocycles. The Morgan fingerprint density at radius 3 is 2.69 bits per heavy atom. The molecule has 9 heteroatoms. The molecule has 4 nitrogen and oxygen atoms in total. The van der Waals surface area contributed by atoms with Crippen LogP contribution in [0, 0.1) is 17.5 Å². The van der Waals surface area contributed by atoms with Crippen LogP contribution >= 0.6 is 24.0 Å². The van der Waals surface area contributed by atoms with E-state index in [1.54, 1.807) is 4.90 Å². The quantitative estimate of drug-likeness (QED) is 0.832. The third kappa shape index (κ3) is 4.72. The molecule has 1 atom stereocenters. The number of ether oxygens (including phenoxy) is 1. The predicted molar refractivity (Wildman–Crippen MR) is 96.8 cm³/mol. The van der Waals surface area contributed by atoms with Gasteiger partial charge in [0.2, 0.25) is 0 Å². The molecule has 0 spiro atoms. The van der Waals surface area contributed by atoms with Gasteiger partial charge in [0.05, 0.1) is 0 Å². The fourth-order valence-electron chi connectivity index (χ4n) is 2.67. The lowest BCUT2D eigenvalue weighted by Crippen LogP contribution is -2.49. The molecule has 0 saturated carbocycles. The largest absolute Gasteiger partial charge is 0.471 e. The molecule has 2 aromatic rings. The van der Waals surface area contributed by atoms with E-state index in [0.29, 0.717) is 19.6 Å².